The van der Waals surface area contributed by atoms with Gasteiger partial charge in [-0.25, -0.2) is 0 Å². The minimum absolute atomic E-state index is 0.0793. The largest absolute Gasteiger partial charge is 0.410 e. The molecule has 0 bridgehead atoms. The van der Waals surface area contributed by atoms with E-state index in [2.05, 4.69) is 26.2 Å². The number of aromatic nitrogens is 1. The fraction of sp³-hybridized carbons (Fsp3) is 0.385. The van der Waals surface area contributed by atoms with Gasteiger partial charge in [-0.2, -0.15) is 13.2 Å². The minimum atomic E-state index is -4.30. The van der Waals surface area contributed by atoms with Gasteiger partial charge in [-0.15, -0.1) is 0 Å². The van der Waals surface area contributed by atoms with Crippen LogP contribution in [0.15, 0.2) is 28.9 Å². The molecule has 2 N–H and O–H groups in total. The topological polar surface area (TPSA) is 27.8 Å². The highest BCUT2D eigenvalue weighted by atomic mass is 79.9. The van der Waals surface area contributed by atoms with E-state index in [1.54, 1.807) is 12.1 Å². The number of fused-ring (bicyclic) bond motifs is 1. The SMILES string of the molecule is FC(F)(F)C1(c2c[nH]c3ccc(Br)cc23)CCCN1. The molecule has 1 aromatic carbocycles. The monoisotopic (exact) mass is 332 g/mol. The third-order valence-electron chi connectivity index (χ3n) is 3.74. The standard InChI is InChI=1S/C13H12BrF3N2/c14-8-2-3-11-9(6-8)10(7-18-11)12(13(15,16)17)4-1-5-19-12/h2-3,6-7,18-19H,1,4-5H2. The van der Waals surface area contributed by atoms with Gasteiger partial charge in [-0.05, 0) is 37.6 Å². The summed E-state index contributed by atoms with van der Waals surface area (Å²) in [5.74, 6) is 0. The summed E-state index contributed by atoms with van der Waals surface area (Å²) in [6, 6.07) is 5.32. The fourth-order valence-corrected chi connectivity index (χ4v) is 3.18. The van der Waals surface area contributed by atoms with Crippen molar-refractivity contribution in [2.75, 3.05) is 6.54 Å². The summed E-state index contributed by atoms with van der Waals surface area (Å²) in [6.07, 6.45) is -2.22. The molecule has 0 amide bonds. The Bertz CT molecular complexity index is 612. The molecule has 1 atom stereocenters. The Morgan fingerprint density at radius 1 is 1.26 bits per heavy atom. The average Bonchev–Trinajstić information content (AvgIpc) is 2.92. The summed E-state index contributed by atoms with van der Waals surface area (Å²) < 4.78 is 41.3. The minimum Gasteiger partial charge on any atom is -0.361 e. The molecular weight excluding hydrogens is 321 g/mol. The molecule has 19 heavy (non-hydrogen) atoms. The van der Waals surface area contributed by atoms with Crippen LogP contribution in [0.4, 0.5) is 13.2 Å². The second-order valence-electron chi connectivity index (χ2n) is 4.83. The van der Waals surface area contributed by atoms with Crippen LogP contribution in [-0.4, -0.2) is 17.7 Å². The molecule has 6 heteroatoms. The summed E-state index contributed by atoms with van der Waals surface area (Å²) in [5.41, 5.74) is -0.921. The Morgan fingerprint density at radius 3 is 2.68 bits per heavy atom. The summed E-state index contributed by atoms with van der Waals surface area (Å²) in [6.45, 7) is 0.389. The van der Waals surface area contributed by atoms with Gasteiger partial charge in [0, 0.05) is 27.1 Å². The maximum atomic E-state index is 13.5. The van der Waals surface area contributed by atoms with Gasteiger partial charge >= 0.3 is 6.18 Å². The molecule has 2 heterocycles. The van der Waals surface area contributed by atoms with Gasteiger partial charge in [0.25, 0.3) is 0 Å². The van der Waals surface area contributed by atoms with Crippen LogP contribution in [0.5, 0.6) is 0 Å². The second kappa shape index (κ2) is 4.24. The first-order chi connectivity index (χ1) is 8.94. The van der Waals surface area contributed by atoms with E-state index in [1.807, 2.05) is 6.07 Å². The zero-order valence-corrected chi connectivity index (χ0v) is 11.5. The van der Waals surface area contributed by atoms with E-state index in [4.69, 9.17) is 0 Å². The van der Waals surface area contributed by atoms with Crippen LogP contribution >= 0.6 is 15.9 Å². The number of rotatable bonds is 1. The molecule has 1 fully saturated rings. The first-order valence-electron chi connectivity index (χ1n) is 6.03. The maximum Gasteiger partial charge on any atom is 0.410 e. The van der Waals surface area contributed by atoms with Gasteiger partial charge in [-0.3, -0.25) is 5.32 Å². The number of hydrogen-bond donors (Lipinski definition) is 2. The number of alkyl halides is 3. The van der Waals surface area contributed by atoms with Crippen LogP contribution in [0.25, 0.3) is 10.9 Å². The van der Waals surface area contributed by atoms with Crippen molar-refractivity contribution in [2.45, 2.75) is 24.6 Å². The number of H-pyrrole nitrogens is 1. The molecule has 2 aromatic rings. The predicted molar refractivity (Wildman–Crippen MR) is 71.0 cm³/mol. The molecule has 102 valence electrons. The van der Waals surface area contributed by atoms with Gasteiger partial charge in [-0.1, -0.05) is 15.9 Å². The predicted octanol–water partition coefficient (Wildman–Crippen LogP) is 4.07. The lowest BCUT2D eigenvalue weighted by atomic mass is 9.87. The maximum absolute atomic E-state index is 13.5. The summed E-state index contributed by atoms with van der Waals surface area (Å²) >= 11 is 3.31. The zero-order valence-electron chi connectivity index (χ0n) is 9.94. The van der Waals surface area contributed by atoms with E-state index >= 15 is 0 Å². The lowest BCUT2D eigenvalue weighted by Crippen LogP contribution is -2.49. The molecule has 2 nitrogen and oxygen atoms in total. The van der Waals surface area contributed by atoms with Gasteiger partial charge in [0.2, 0.25) is 0 Å². The van der Waals surface area contributed by atoms with Crippen molar-refractivity contribution in [2.24, 2.45) is 0 Å². The third kappa shape index (κ3) is 1.89. The molecule has 0 aliphatic carbocycles. The fourth-order valence-electron chi connectivity index (χ4n) is 2.81. The Morgan fingerprint density at radius 2 is 2.05 bits per heavy atom. The molecule has 1 saturated heterocycles. The van der Waals surface area contributed by atoms with E-state index in [-0.39, 0.29) is 12.0 Å². The van der Waals surface area contributed by atoms with Gasteiger partial charge in [0.1, 0.15) is 5.54 Å². The summed E-state index contributed by atoms with van der Waals surface area (Å²) in [4.78, 5) is 2.93. The second-order valence-corrected chi connectivity index (χ2v) is 5.74. The number of aromatic amines is 1. The van der Waals surface area contributed by atoms with Gasteiger partial charge < -0.3 is 4.98 Å². The first-order valence-corrected chi connectivity index (χ1v) is 6.82. The molecule has 1 aliphatic heterocycles. The van der Waals surface area contributed by atoms with Crippen molar-refractivity contribution in [3.8, 4) is 0 Å². The molecule has 1 aliphatic rings. The quantitative estimate of drug-likeness (QED) is 0.809. The van der Waals surface area contributed by atoms with Crippen molar-refractivity contribution in [3.63, 3.8) is 0 Å². The number of nitrogens with one attached hydrogen (secondary N) is 2. The highest BCUT2D eigenvalue weighted by Gasteiger charge is 2.58. The molecule has 3 rings (SSSR count). The highest BCUT2D eigenvalue weighted by Crippen LogP contribution is 2.47. The van der Waals surface area contributed by atoms with Crippen molar-refractivity contribution in [1.82, 2.24) is 10.3 Å². The zero-order chi connectivity index (χ0) is 13.7. The summed E-state index contributed by atoms with van der Waals surface area (Å²) in [5, 5.41) is 3.28. The smallest absolute Gasteiger partial charge is 0.361 e. The van der Waals surface area contributed by atoms with Crippen LogP contribution in [0.3, 0.4) is 0 Å². The third-order valence-corrected chi connectivity index (χ3v) is 4.24. The Labute approximate surface area is 116 Å². The number of hydrogen-bond acceptors (Lipinski definition) is 1. The van der Waals surface area contributed by atoms with Gasteiger partial charge in [0.05, 0.1) is 0 Å². The van der Waals surface area contributed by atoms with Crippen molar-refractivity contribution in [3.05, 3.63) is 34.4 Å². The van der Waals surface area contributed by atoms with Crippen LogP contribution in [-0.2, 0) is 5.54 Å². The molecule has 0 spiro atoms. The van der Waals surface area contributed by atoms with Crippen molar-refractivity contribution >= 4 is 26.8 Å². The van der Waals surface area contributed by atoms with E-state index in [9.17, 15) is 13.2 Å². The summed E-state index contributed by atoms with van der Waals surface area (Å²) in [7, 11) is 0. The van der Waals surface area contributed by atoms with Crippen LogP contribution in [0.2, 0.25) is 0 Å². The molecule has 0 saturated carbocycles. The number of benzene rings is 1. The Kier molecular flexibility index (Phi) is 2.90. The van der Waals surface area contributed by atoms with Crippen LogP contribution in [0, 0.1) is 0 Å². The van der Waals surface area contributed by atoms with E-state index < -0.39 is 11.7 Å². The van der Waals surface area contributed by atoms with Crippen molar-refractivity contribution < 1.29 is 13.2 Å². The lowest BCUT2D eigenvalue weighted by Gasteiger charge is -2.32. The lowest BCUT2D eigenvalue weighted by molar-refractivity contribution is -0.195. The van der Waals surface area contributed by atoms with Crippen LogP contribution < -0.4 is 5.32 Å². The number of halogens is 4. The molecule has 1 unspecified atom stereocenters. The Balaban J connectivity index is 2.24. The van der Waals surface area contributed by atoms with E-state index in [1.165, 1.54) is 6.20 Å². The van der Waals surface area contributed by atoms with E-state index in [0.29, 0.717) is 18.4 Å². The van der Waals surface area contributed by atoms with Gasteiger partial charge in [0.15, 0.2) is 0 Å². The average molecular weight is 333 g/mol. The normalized spacial score (nSPS) is 24.2. The Hall–Kier alpha value is -1.01. The van der Waals surface area contributed by atoms with E-state index in [0.717, 1.165) is 9.99 Å². The van der Waals surface area contributed by atoms with Crippen molar-refractivity contribution in [1.29, 1.82) is 0 Å². The molecule has 1 aromatic heterocycles. The van der Waals surface area contributed by atoms with Crippen LogP contribution in [0.1, 0.15) is 18.4 Å². The first kappa shape index (κ1) is 13.0. The molecule has 0 radical (unpaired) electrons. The molecular formula is C13H12BrF3N2. The highest BCUT2D eigenvalue weighted by molar-refractivity contribution is 9.10.